The highest BCUT2D eigenvalue weighted by Crippen LogP contribution is 2.20. The van der Waals surface area contributed by atoms with Crippen LogP contribution in [0.4, 0.5) is 11.5 Å². The molecule has 0 radical (unpaired) electrons. The van der Waals surface area contributed by atoms with E-state index in [0.29, 0.717) is 5.82 Å². The lowest BCUT2D eigenvalue weighted by Gasteiger charge is -2.15. The van der Waals surface area contributed by atoms with Crippen molar-refractivity contribution in [3.63, 3.8) is 0 Å². The number of amides is 1. The van der Waals surface area contributed by atoms with Gasteiger partial charge < -0.3 is 10.6 Å². The molecule has 1 unspecified atom stereocenters. The summed E-state index contributed by atoms with van der Waals surface area (Å²) in [6.07, 6.45) is 5.19. The lowest BCUT2D eigenvalue weighted by atomic mass is 10.1. The molecular weight excluding hydrogens is 376 g/mol. The number of rotatable bonds is 6. The average Bonchev–Trinajstić information content (AvgIpc) is 3.21. The minimum absolute atomic E-state index is 0.175. The molecule has 4 aromatic rings. The molecule has 0 aliphatic carbocycles. The van der Waals surface area contributed by atoms with Crippen LogP contribution in [0.25, 0.3) is 22.5 Å². The molecule has 1 aromatic carbocycles. The van der Waals surface area contributed by atoms with Gasteiger partial charge >= 0.3 is 0 Å². The molecule has 3 heterocycles. The maximum absolute atomic E-state index is 12.5. The fourth-order valence-corrected chi connectivity index (χ4v) is 3.08. The summed E-state index contributed by atoms with van der Waals surface area (Å²) in [6.45, 7) is 1.79. The van der Waals surface area contributed by atoms with Gasteiger partial charge in [0.05, 0.1) is 23.3 Å². The molecule has 7 heteroatoms. The summed E-state index contributed by atoms with van der Waals surface area (Å²) in [5.41, 5.74) is 4.59. The average molecular weight is 398 g/mol. The summed E-state index contributed by atoms with van der Waals surface area (Å²) in [7, 11) is 1.87. The monoisotopic (exact) mass is 398 g/mol. The van der Waals surface area contributed by atoms with Crippen molar-refractivity contribution < 1.29 is 4.79 Å². The molecule has 4 rings (SSSR count). The lowest BCUT2D eigenvalue weighted by Crippen LogP contribution is -2.32. The normalized spacial score (nSPS) is 11.7. The molecule has 0 saturated carbocycles. The Labute approximate surface area is 174 Å². The number of hydrogen-bond donors (Lipinski definition) is 2. The summed E-state index contributed by atoms with van der Waals surface area (Å²) in [5.74, 6) is 0.337. The Morgan fingerprint density at radius 3 is 2.40 bits per heavy atom. The standard InChI is InChI=1S/C23H22N6O/c1-16(27-19-9-10-20(24-15-19)21-12-13-26-29(21)2)23(30)28-22-11-8-18(14-25-22)17-6-4-3-5-7-17/h3-16,27H,1-2H3,(H,25,28,30). The van der Waals surface area contributed by atoms with E-state index in [2.05, 4.69) is 25.7 Å². The van der Waals surface area contributed by atoms with Crippen LogP contribution in [-0.2, 0) is 11.8 Å². The highest BCUT2D eigenvalue weighted by Gasteiger charge is 2.14. The van der Waals surface area contributed by atoms with Gasteiger partial charge in [0, 0.05) is 25.0 Å². The van der Waals surface area contributed by atoms with Gasteiger partial charge in [-0.15, -0.1) is 0 Å². The zero-order valence-corrected chi connectivity index (χ0v) is 16.8. The number of anilines is 2. The Morgan fingerprint density at radius 2 is 1.77 bits per heavy atom. The van der Waals surface area contributed by atoms with E-state index in [-0.39, 0.29) is 5.91 Å². The fraction of sp³-hybridized carbons (Fsp3) is 0.130. The first-order valence-electron chi connectivity index (χ1n) is 9.63. The number of aromatic nitrogens is 4. The summed E-state index contributed by atoms with van der Waals surface area (Å²) in [5, 5.41) is 10.2. The second kappa shape index (κ2) is 8.57. The number of nitrogens with one attached hydrogen (secondary N) is 2. The third-order valence-corrected chi connectivity index (χ3v) is 4.75. The third kappa shape index (κ3) is 4.35. The number of benzene rings is 1. The fourth-order valence-electron chi connectivity index (χ4n) is 3.08. The Morgan fingerprint density at radius 1 is 0.933 bits per heavy atom. The van der Waals surface area contributed by atoms with E-state index in [0.717, 1.165) is 28.2 Å². The molecule has 1 amide bonds. The number of hydrogen-bond acceptors (Lipinski definition) is 5. The zero-order valence-electron chi connectivity index (χ0n) is 16.8. The second-order valence-corrected chi connectivity index (χ2v) is 6.93. The van der Waals surface area contributed by atoms with Crippen LogP contribution in [0.15, 0.2) is 79.3 Å². The van der Waals surface area contributed by atoms with Crippen molar-refractivity contribution in [2.45, 2.75) is 13.0 Å². The number of pyridine rings is 2. The molecule has 2 N–H and O–H groups in total. The number of carbonyl (C=O) groups is 1. The van der Waals surface area contributed by atoms with Crippen LogP contribution in [0.2, 0.25) is 0 Å². The van der Waals surface area contributed by atoms with E-state index < -0.39 is 6.04 Å². The minimum Gasteiger partial charge on any atom is -0.373 e. The Kier molecular flexibility index (Phi) is 5.52. The van der Waals surface area contributed by atoms with Gasteiger partial charge in [0.2, 0.25) is 5.91 Å². The summed E-state index contributed by atoms with van der Waals surface area (Å²) < 4.78 is 1.77. The van der Waals surface area contributed by atoms with E-state index in [1.807, 2.05) is 61.6 Å². The second-order valence-electron chi connectivity index (χ2n) is 6.93. The van der Waals surface area contributed by atoms with Gasteiger partial charge in [-0.2, -0.15) is 5.10 Å². The van der Waals surface area contributed by atoms with Crippen LogP contribution in [0.1, 0.15) is 6.92 Å². The Bertz CT molecular complexity index is 1120. The van der Waals surface area contributed by atoms with Crippen molar-refractivity contribution in [2.75, 3.05) is 10.6 Å². The molecule has 3 aromatic heterocycles. The van der Waals surface area contributed by atoms with Gasteiger partial charge in [0.25, 0.3) is 0 Å². The molecule has 0 aliphatic rings. The Balaban J connectivity index is 1.36. The van der Waals surface area contributed by atoms with Crippen LogP contribution < -0.4 is 10.6 Å². The molecule has 30 heavy (non-hydrogen) atoms. The van der Waals surface area contributed by atoms with E-state index in [4.69, 9.17) is 0 Å². The van der Waals surface area contributed by atoms with Crippen LogP contribution in [-0.4, -0.2) is 31.7 Å². The molecule has 0 spiro atoms. The van der Waals surface area contributed by atoms with E-state index >= 15 is 0 Å². The SMILES string of the molecule is CC(Nc1ccc(-c2ccnn2C)nc1)C(=O)Nc1ccc(-c2ccccc2)cn1. The number of carbonyl (C=O) groups excluding carboxylic acids is 1. The van der Waals surface area contributed by atoms with Crippen LogP contribution in [0, 0.1) is 0 Å². The third-order valence-electron chi connectivity index (χ3n) is 4.75. The van der Waals surface area contributed by atoms with Crippen molar-refractivity contribution in [2.24, 2.45) is 7.05 Å². The van der Waals surface area contributed by atoms with E-state index in [9.17, 15) is 4.79 Å². The van der Waals surface area contributed by atoms with Crippen molar-refractivity contribution in [1.82, 2.24) is 19.7 Å². The van der Waals surface area contributed by atoms with Gasteiger partial charge in [-0.25, -0.2) is 4.98 Å². The van der Waals surface area contributed by atoms with Gasteiger partial charge in [0.1, 0.15) is 11.9 Å². The smallest absolute Gasteiger partial charge is 0.247 e. The van der Waals surface area contributed by atoms with Crippen molar-refractivity contribution in [3.8, 4) is 22.5 Å². The maximum atomic E-state index is 12.5. The maximum Gasteiger partial charge on any atom is 0.247 e. The molecule has 0 bridgehead atoms. The van der Waals surface area contributed by atoms with Gasteiger partial charge in [-0.1, -0.05) is 30.3 Å². The van der Waals surface area contributed by atoms with Gasteiger partial charge in [-0.05, 0) is 42.8 Å². The topological polar surface area (TPSA) is 84.7 Å². The van der Waals surface area contributed by atoms with Crippen LogP contribution >= 0.6 is 0 Å². The summed E-state index contributed by atoms with van der Waals surface area (Å²) in [6, 6.07) is 19.0. The molecule has 1 atom stereocenters. The van der Waals surface area contributed by atoms with E-state index in [1.165, 1.54) is 0 Å². The number of nitrogens with zero attached hydrogens (tertiary/aromatic N) is 4. The highest BCUT2D eigenvalue weighted by molar-refractivity contribution is 5.95. The quantitative estimate of drug-likeness (QED) is 0.513. The number of aryl methyl sites for hydroxylation is 1. The van der Waals surface area contributed by atoms with Gasteiger partial charge in [-0.3, -0.25) is 14.5 Å². The van der Waals surface area contributed by atoms with Crippen molar-refractivity contribution >= 4 is 17.4 Å². The first-order chi connectivity index (χ1) is 14.6. The van der Waals surface area contributed by atoms with Gasteiger partial charge in [0.15, 0.2) is 0 Å². The minimum atomic E-state index is -0.454. The predicted molar refractivity (Wildman–Crippen MR) is 118 cm³/mol. The van der Waals surface area contributed by atoms with Crippen molar-refractivity contribution in [1.29, 1.82) is 0 Å². The first-order valence-corrected chi connectivity index (χ1v) is 9.63. The predicted octanol–water partition coefficient (Wildman–Crippen LogP) is 3.98. The largest absolute Gasteiger partial charge is 0.373 e. The lowest BCUT2D eigenvalue weighted by molar-refractivity contribution is -0.116. The molecule has 0 saturated heterocycles. The summed E-state index contributed by atoms with van der Waals surface area (Å²) in [4.78, 5) is 21.3. The zero-order chi connectivity index (χ0) is 20.9. The molecule has 0 fully saturated rings. The summed E-state index contributed by atoms with van der Waals surface area (Å²) >= 11 is 0. The molecule has 0 aliphatic heterocycles. The van der Waals surface area contributed by atoms with Crippen LogP contribution in [0.5, 0.6) is 0 Å². The highest BCUT2D eigenvalue weighted by atomic mass is 16.2. The molecular formula is C23H22N6O. The van der Waals surface area contributed by atoms with E-state index in [1.54, 1.807) is 36.3 Å². The van der Waals surface area contributed by atoms with Crippen molar-refractivity contribution in [3.05, 3.63) is 79.3 Å². The molecule has 7 nitrogen and oxygen atoms in total. The van der Waals surface area contributed by atoms with Crippen LogP contribution in [0.3, 0.4) is 0 Å². The molecule has 150 valence electrons. The Hall–Kier alpha value is -4.00. The first kappa shape index (κ1) is 19.3.